The van der Waals surface area contributed by atoms with E-state index in [1.165, 1.54) is 9.75 Å². The van der Waals surface area contributed by atoms with Gasteiger partial charge in [0.05, 0.1) is 17.2 Å². The summed E-state index contributed by atoms with van der Waals surface area (Å²) in [5.74, 6) is 0. The summed E-state index contributed by atoms with van der Waals surface area (Å²) in [6.45, 7) is 5.32. The van der Waals surface area contributed by atoms with Crippen LogP contribution in [0.1, 0.15) is 34.8 Å². The van der Waals surface area contributed by atoms with Crippen LogP contribution in [0.25, 0.3) is 0 Å². The molecule has 1 unspecified atom stereocenters. The fourth-order valence-electron chi connectivity index (χ4n) is 1.65. The zero-order valence-electron chi connectivity index (χ0n) is 9.56. The lowest BCUT2D eigenvalue weighted by atomic mass is 10.1. The van der Waals surface area contributed by atoms with Gasteiger partial charge >= 0.3 is 0 Å². The molecule has 0 radical (unpaired) electrons. The first-order chi connectivity index (χ1) is 7.83. The van der Waals surface area contributed by atoms with Gasteiger partial charge in [-0.1, -0.05) is 13.0 Å². The van der Waals surface area contributed by atoms with Crippen LogP contribution in [0.4, 0.5) is 0 Å². The molecule has 0 saturated carbocycles. The van der Waals surface area contributed by atoms with Crippen LogP contribution < -0.4 is 5.32 Å². The second kappa shape index (κ2) is 5.57. The highest BCUT2D eigenvalue weighted by molar-refractivity contribution is 7.11. The molecule has 1 atom stereocenters. The minimum Gasteiger partial charge on any atom is -0.305 e. The van der Waals surface area contributed by atoms with Crippen molar-refractivity contribution in [3.8, 4) is 0 Å². The summed E-state index contributed by atoms with van der Waals surface area (Å²) in [6.07, 6.45) is 1.15. The molecule has 2 aromatic rings. The molecule has 0 aliphatic heterocycles. The number of rotatable bonds is 5. The molecule has 2 nitrogen and oxygen atoms in total. The summed E-state index contributed by atoms with van der Waals surface area (Å²) in [5.41, 5.74) is 3.07. The van der Waals surface area contributed by atoms with E-state index in [1.807, 2.05) is 5.51 Å². The molecule has 0 saturated heterocycles. The van der Waals surface area contributed by atoms with Gasteiger partial charge in [0.15, 0.2) is 0 Å². The summed E-state index contributed by atoms with van der Waals surface area (Å²) in [6, 6.07) is 4.63. The molecule has 0 bridgehead atoms. The average molecular weight is 252 g/mol. The van der Waals surface area contributed by atoms with Gasteiger partial charge < -0.3 is 5.32 Å². The van der Waals surface area contributed by atoms with Gasteiger partial charge in [0, 0.05) is 9.75 Å². The largest absolute Gasteiger partial charge is 0.305 e. The number of nitrogens with zero attached hydrogens (tertiary/aromatic N) is 1. The third-order valence-electron chi connectivity index (χ3n) is 2.47. The van der Waals surface area contributed by atoms with Crippen molar-refractivity contribution in [3.63, 3.8) is 0 Å². The lowest BCUT2D eigenvalue weighted by molar-refractivity contribution is 0.610. The molecule has 4 heteroatoms. The van der Waals surface area contributed by atoms with E-state index in [0.717, 1.165) is 18.7 Å². The number of nitrogens with one attached hydrogen (secondary N) is 1. The molecular formula is C12H16N2S2. The van der Waals surface area contributed by atoms with E-state index in [2.05, 4.69) is 41.7 Å². The molecule has 86 valence electrons. The number of aryl methyl sites for hydroxylation is 1. The molecule has 16 heavy (non-hydrogen) atoms. The van der Waals surface area contributed by atoms with Gasteiger partial charge in [-0.3, -0.25) is 0 Å². The van der Waals surface area contributed by atoms with E-state index >= 15 is 0 Å². The first-order valence-corrected chi connectivity index (χ1v) is 7.25. The zero-order valence-corrected chi connectivity index (χ0v) is 11.2. The second-order valence-corrected chi connectivity index (χ2v) is 5.57. The maximum Gasteiger partial charge on any atom is 0.0798 e. The van der Waals surface area contributed by atoms with Gasteiger partial charge in [0.25, 0.3) is 0 Å². The van der Waals surface area contributed by atoms with Crippen molar-refractivity contribution in [2.75, 3.05) is 6.54 Å². The van der Waals surface area contributed by atoms with Gasteiger partial charge in [-0.2, -0.15) is 0 Å². The summed E-state index contributed by atoms with van der Waals surface area (Å²) >= 11 is 3.54. The maximum atomic E-state index is 4.34. The Morgan fingerprint density at radius 1 is 1.44 bits per heavy atom. The minimum atomic E-state index is 0.326. The Morgan fingerprint density at radius 3 is 2.88 bits per heavy atom. The van der Waals surface area contributed by atoms with Crippen molar-refractivity contribution in [1.82, 2.24) is 10.3 Å². The highest BCUT2D eigenvalue weighted by atomic mass is 32.1. The molecule has 2 heterocycles. The Hall–Kier alpha value is -0.710. The van der Waals surface area contributed by atoms with E-state index in [-0.39, 0.29) is 0 Å². The average Bonchev–Trinajstić information content (AvgIpc) is 2.91. The standard InChI is InChI=1S/C12H16N2S2/c1-3-6-13-11(10-5-4-7-15-10)12-9(2)14-8-16-12/h4-5,7-8,11,13H,3,6H2,1-2H3. The second-order valence-electron chi connectivity index (χ2n) is 3.70. The van der Waals surface area contributed by atoms with Crippen molar-refractivity contribution in [3.05, 3.63) is 38.5 Å². The normalized spacial score (nSPS) is 12.9. The third-order valence-corrected chi connectivity index (χ3v) is 4.40. The lowest BCUT2D eigenvalue weighted by Crippen LogP contribution is -2.22. The van der Waals surface area contributed by atoms with E-state index in [1.54, 1.807) is 22.7 Å². The van der Waals surface area contributed by atoms with Crippen LogP contribution >= 0.6 is 22.7 Å². The van der Waals surface area contributed by atoms with Crippen molar-refractivity contribution in [2.24, 2.45) is 0 Å². The smallest absolute Gasteiger partial charge is 0.0798 e. The number of hydrogen-bond acceptors (Lipinski definition) is 4. The van der Waals surface area contributed by atoms with Gasteiger partial charge in [-0.25, -0.2) is 4.98 Å². The van der Waals surface area contributed by atoms with E-state index in [4.69, 9.17) is 0 Å². The Labute approximate surface area is 104 Å². The first kappa shape index (κ1) is 11.8. The van der Waals surface area contributed by atoms with Crippen LogP contribution in [0.3, 0.4) is 0 Å². The fourth-order valence-corrected chi connectivity index (χ4v) is 3.43. The van der Waals surface area contributed by atoms with Crippen LogP contribution in [-0.2, 0) is 0 Å². The van der Waals surface area contributed by atoms with Crippen LogP contribution in [0.2, 0.25) is 0 Å². The molecule has 0 aliphatic rings. The Kier molecular flexibility index (Phi) is 4.09. The SMILES string of the molecule is CCCNC(c1cccs1)c1scnc1C. The van der Waals surface area contributed by atoms with Crippen molar-refractivity contribution >= 4 is 22.7 Å². The lowest BCUT2D eigenvalue weighted by Gasteiger charge is -2.16. The van der Waals surface area contributed by atoms with Crippen LogP contribution in [-0.4, -0.2) is 11.5 Å². The fraction of sp³-hybridized carbons (Fsp3) is 0.417. The van der Waals surface area contributed by atoms with Gasteiger partial charge in [0.1, 0.15) is 0 Å². The third kappa shape index (κ3) is 2.51. The quantitative estimate of drug-likeness (QED) is 0.879. The summed E-state index contributed by atoms with van der Waals surface area (Å²) in [5, 5.41) is 5.73. The summed E-state index contributed by atoms with van der Waals surface area (Å²) in [7, 11) is 0. The summed E-state index contributed by atoms with van der Waals surface area (Å²) < 4.78 is 0. The van der Waals surface area contributed by atoms with Crippen LogP contribution in [0, 0.1) is 6.92 Å². The van der Waals surface area contributed by atoms with Gasteiger partial charge in [0.2, 0.25) is 0 Å². The molecule has 1 N–H and O–H groups in total. The van der Waals surface area contributed by atoms with Crippen molar-refractivity contribution in [2.45, 2.75) is 26.3 Å². The highest BCUT2D eigenvalue weighted by Gasteiger charge is 2.18. The summed E-state index contributed by atoms with van der Waals surface area (Å²) in [4.78, 5) is 7.06. The maximum absolute atomic E-state index is 4.34. The first-order valence-electron chi connectivity index (χ1n) is 5.49. The predicted molar refractivity (Wildman–Crippen MR) is 71.3 cm³/mol. The topological polar surface area (TPSA) is 24.9 Å². The number of aromatic nitrogens is 1. The van der Waals surface area contributed by atoms with E-state index in [0.29, 0.717) is 6.04 Å². The Bertz CT molecular complexity index is 420. The number of thiophene rings is 1. The minimum absolute atomic E-state index is 0.326. The van der Waals surface area contributed by atoms with Crippen LogP contribution in [0.15, 0.2) is 23.0 Å². The molecule has 0 aromatic carbocycles. The van der Waals surface area contributed by atoms with Crippen molar-refractivity contribution < 1.29 is 0 Å². The predicted octanol–water partition coefficient (Wildman–Crippen LogP) is 3.60. The number of hydrogen-bond donors (Lipinski definition) is 1. The molecular weight excluding hydrogens is 236 g/mol. The van der Waals surface area contributed by atoms with E-state index < -0.39 is 0 Å². The zero-order chi connectivity index (χ0) is 11.4. The van der Waals surface area contributed by atoms with Gasteiger partial charge in [-0.05, 0) is 31.3 Å². The Morgan fingerprint density at radius 2 is 2.31 bits per heavy atom. The Balaban J connectivity index is 2.25. The molecule has 0 aliphatic carbocycles. The molecule has 0 fully saturated rings. The van der Waals surface area contributed by atoms with Crippen LogP contribution in [0.5, 0.6) is 0 Å². The molecule has 0 spiro atoms. The molecule has 0 amide bonds. The van der Waals surface area contributed by atoms with Crippen molar-refractivity contribution in [1.29, 1.82) is 0 Å². The highest BCUT2D eigenvalue weighted by Crippen LogP contribution is 2.30. The molecule has 2 aromatic heterocycles. The molecule has 2 rings (SSSR count). The number of thiazole rings is 1. The van der Waals surface area contributed by atoms with E-state index in [9.17, 15) is 0 Å². The van der Waals surface area contributed by atoms with Gasteiger partial charge in [-0.15, -0.1) is 22.7 Å². The monoisotopic (exact) mass is 252 g/mol.